The van der Waals surface area contributed by atoms with E-state index in [0.29, 0.717) is 29.3 Å². The average Bonchev–Trinajstić information content (AvgIpc) is 2.75. The maximum absolute atomic E-state index is 12.7. The summed E-state index contributed by atoms with van der Waals surface area (Å²) in [6.07, 6.45) is 0.792. The Hall–Kier alpha value is -3.18. The van der Waals surface area contributed by atoms with Crippen molar-refractivity contribution in [2.24, 2.45) is 0 Å². The van der Waals surface area contributed by atoms with Gasteiger partial charge < -0.3 is 14.8 Å². The molecule has 3 aromatic rings. The minimum Gasteiger partial charge on any atom is -0.457 e. The number of nitrogens with zero attached hydrogens (tertiary/aromatic N) is 1. The Morgan fingerprint density at radius 3 is 2.35 bits per heavy atom. The van der Waals surface area contributed by atoms with Gasteiger partial charge in [0.1, 0.15) is 11.5 Å². The molecule has 0 bridgehead atoms. The molecule has 1 amide bonds. The van der Waals surface area contributed by atoms with E-state index in [0.717, 1.165) is 22.8 Å². The van der Waals surface area contributed by atoms with Crippen molar-refractivity contribution < 1.29 is 14.3 Å². The highest BCUT2D eigenvalue weighted by Gasteiger charge is 2.13. The van der Waals surface area contributed by atoms with E-state index < -0.39 is 0 Å². The molecule has 162 valence electrons. The van der Waals surface area contributed by atoms with Gasteiger partial charge in [-0.3, -0.25) is 9.78 Å². The van der Waals surface area contributed by atoms with Gasteiger partial charge in [-0.05, 0) is 67.8 Å². The van der Waals surface area contributed by atoms with Crippen LogP contribution in [0.3, 0.4) is 0 Å². The second-order valence-electron chi connectivity index (χ2n) is 7.96. The van der Waals surface area contributed by atoms with Crippen molar-refractivity contribution >= 4 is 11.6 Å². The highest BCUT2D eigenvalue weighted by Crippen LogP contribution is 2.30. The monoisotopic (exact) mass is 418 g/mol. The maximum atomic E-state index is 12.7. The van der Waals surface area contributed by atoms with Crippen LogP contribution in [0.25, 0.3) is 0 Å². The number of hydrogen-bond donors (Lipinski definition) is 1. The molecular formula is C26H30N2O3. The summed E-state index contributed by atoms with van der Waals surface area (Å²) in [5.74, 6) is 1.75. The van der Waals surface area contributed by atoms with E-state index in [9.17, 15) is 4.79 Å². The first-order valence-corrected chi connectivity index (χ1v) is 10.5. The van der Waals surface area contributed by atoms with Gasteiger partial charge in [0, 0.05) is 24.9 Å². The van der Waals surface area contributed by atoms with Crippen molar-refractivity contribution in [1.82, 2.24) is 4.98 Å². The van der Waals surface area contributed by atoms with Gasteiger partial charge in [-0.2, -0.15) is 0 Å². The standard InChI is InChI=1S/C26H30N2O3/c1-17(2)23-8-6-7-9-25(23)31-22-13-10-20(11-14-22)28-26(29)24-15-12-21(27-19(24)4)16-18(3)30-5/h6-15,17-18H,16H2,1-5H3,(H,28,29). The first-order chi connectivity index (χ1) is 14.9. The van der Waals surface area contributed by atoms with E-state index in [1.165, 1.54) is 0 Å². The fourth-order valence-electron chi connectivity index (χ4n) is 3.33. The van der Waals surface area contributed by atoms with E-state index in [2.05, 4.69) is 30.2 Å². The summed E-state index contributed by atoms with van der Waals surface area (Å²) in [6.45, 7) is 8.12. The molecule has 5 heteroatoms. The Kier molecular flexibility index (Phi) is 7.42. The van der Waals surface area contributed by atoms with Crippen molar-refractivity contribution in [2.75, 3.05) is 12.4 Å². The summed E-state index contributed by atoms with van der Waals surface area (Å²) in [5, 5.41) is 2.93. The zero-order chi connectivity index (χ0) is 22.4. The average molecular weight is 419 g/mol. The molecule has 0 aliphatic carbocycles. The summed E-state index contributed by atoms with van der Waals surface area (Å²) in [4.78, 5) is 17.3. The molecular weight excluding hydrogens is 388 g/mol. The predicted molar refractivity (Wildman–Crippen MR) is 124 cm³/mol. The molecule has 3 rings (SSSR count). The fraction of sp³-hybridized carbons (Fsp3) is 0.308. The topological polar surface area (TPSA) is 60.5 Å². The van der Waals surface area contributed by atoms with Crippen molar-refractivity contribution in [3.8, 4) is 11.5 Å². The number of rotatable bonds is 8. The second kappa shape index (κ2) is 10.2. The van der Waals surface area contributed by atoms with Crippen molar-refractivity contribution in [2.45, 2.75) is 46.1 Å². The van der Waals surface area contributed by atoms with Gasteiger partial charge in [-0.25, -0.2) is 0 Å². The molecule has 1 N–H and O–H groups in total. The summed E-state index contributed by atoms with van der Waals surface area (Å²) >= 11 is 0. The number of carbonyl (C=O) groups excluding carboxylic acids is 1. The molecule has 1 aromatic heterocycles. The zero-order valence-corrected chi connectivity index (χ0v) is 18.8. The number of methoxy groups -OCH3 is 1. The molecule has 0 saturated heterocycles. The van der Waals surface area contributed by atoms with Crippen LogP contribution in [0.15, 0.2) is 60.7 Å². The third kappa shape index (κ3) is 5.92. The molecule has 0 saturated carbocycles. The number of nitrogens with one attached hydrogen (secondary N) is 1. The lowest BCUT2D eigenvalue weighted by molar-refractivity contribution is 0.102. The predicted octanol–water partition coefficient (Wildman–Crippen LogP) is 6.14. The van der Waals surface area contributed by atoms with Crippen LogP contribution < -0.4 is 10.1 Å². The molecule has 0 aliphatic rings. The number of ether oxygens (including phenoxy) is 2. The number of benzene rings is 2. The third-order valence-electron chi connectivity index (χ3n) is 5.17. The van der Waals surface area contributed by atoms with Crippen LogP contribution in [0.1, 0.15) is 54.0 Å². The molecule has 0 aliphatic heterocycles. The van der Waals surface area contributed by atoms with Crippen LogP contribution in [0.5, 0.6) is 11.5 Å². The minimum atomic E-state index is -0.185. The largest absolute Gasteiger partial charge is 0.457 e. The molecule has 0 spiro atoms. The number of anilines is 1. The van der Waals surface area contributed by atoms with Gasteiger partial charge in [0.25, 0.3) is 5.91 Å². The zero-order valence-electron chi connectivity index (χ0n) is 18.8. The highest BCUT2D eigenvalue weighted by molar-refractivity contribution is 6.05. The lowest BCUT2D eigenvalue weighted by atomic mass is 10.0. The number of amides is 1. The van der Waals surface area contributed by atoms with E-state index in [-0.39, 0.29) is 12.0 Å². The van der Waals surface area contributed by atoms with E-state index >= 15 is 0 Å². The SMILES string of the molecule is COC(C)Cc1ccc(C(=O)Nc2ccc(Oc3ccccc3C(C)C)cc2)c(C)n1. The van der Waals surface area contributed by atoms with Crippen molar-refractivity contribution in [3.63, 3.8) is 0 Å². The van der Waals surface area contributed by atoms with Crippen LogP contribution >= 0.6 is 0 Å². The first kappa shape index (κ1) is 22.5. The summed E-state index contributed by atoms with van der Waals surface area (Å²) in [6, 6.07) is 19.1. The number of para-hydroxylation sites is 1. The molecule has 1 atom stereocenters. The van der Waals surface area contributed by atoms with Crippen LogP contribution in [-0.2, 0) is 11.2 Å². The lowest BCUT2D eigenvalue weighted by Crippen LogP contribution is -2.16. The number of aryl methyl sites for hydroxylation is 1. The number of hydrogen-bond acceptors (Lipinski definition) is 4. The van der Waals surface area contributed by atoms with E-state index in [1.807, 2.05) is 68.4 Å². The molecule has 2 aromatic carbocycles. The normalized spacial score (nSPS) is 11.9. The number of pyridine rings is 1. The Bertz CT molecular complexity index is 1030. The van der Waals surface area contributed by atoms with E-state index in [4.69, 9.17) is 9.47 Å². The van der Waals surface area contributed by atoms with Gasteiger partial charge in [0.15, 0.2) is 0 Å². The Morgan fingerprint density at radius 1 is 1.00 bits per heavy atom. The van der Waals surface area contributed by atoms with Gasteiger partial charge in [-0.15, -0.1) is 0 Å². The second-order valence-corrected chi connectivity index (χ2v) is 7.96. The van der Waals surface area contributed by atoms with Crippen LogP contribution in [0.4, 0.5) is 5.69 Å². The number of aromatic nitrogens is 1. The molecule has 1 unspecified atom stereocenters. The highest BCUT2D eigenvalue weighted by atomic mass is 16.5. The lowest BCUT2D eigenvalue weighted by Gasteiger charge is -2.14. The maximum Gasteiger partial charge on any atom is 0.257 e. The summed E-state index contributed by atoms with van der Waals surface area (Å²) < 4.78 is 11.3. The molecule has 5 nitrogen and oxygen atoms in total. The summed E-state index contributed by atoms with van der Waals surface area (Å²) in [7, 11) is 1.68. The Morgan fingerprint density at radius 2 is 1.71 bits per heavy atom. The molecule has 1 heterocycles. The summed E-state index contributed by atoms with van der Waals surface area (Å²) in [5.41, 5.74) is 4.02. The first-order valence-electron chi connectivity index (χ1n) is 10.5. The van der Waals surface area contributed by atoms with Gasteiger partial charge in [0.2, 0.25) is 0 Å². The van der Waals surface area contributed by atoms with Crippen LogP contribution in [0.2, 0.25) is 0 Å². The molecule has 31 heavy (non-hydrogen) atoms. The van der Waals surface area contributed by atoms with Crippen molar-refractivity contribution in [3.05, 3.63) is 83.2 Å². The van der Waals surface area contributed by atoms with Crippen LogP contribution in [-0.4, -0.2) is 24.1 Å². The van der Waals surface area contributed by atoms with Gasteiger partial charge in [-0.1, -0.05) is 32.0 Å². The van der Waals surface area contributed by atoms with Gasteiger partial charge in [0.05, 0.1) is 17.4 Å². The fourth-order valence-corrected chi connectivity index (χ4v) is 3.33. The van der Waals surface area contributed by atoms with Crippen molar-refractivity contribution in [1.29, 1.82) is 0 Å². The Labute approximate surface area is 184 Å². The molecule has 0 fully saturated rings. The number of carbonyl (C=O) groups is 1. The quantitative estimate of drug-likeness (QED) is 0.478. The van der Waals surface area contributed by atoms with E-state index in [1.54, 1.807) is 7.11 Å². The third-order valence-corrected chi connectivity index (χ3v) is 5.17. The minimum absolute atomic E-state index is 0.0832. The molecule has 0 radical (unpaired) electrons. The van der Waals surface area contributed by atoms with Gasteiger partial charge >= 0.3 is 0 Å². The smallest absolute Gasteiger partial charge is 0.257 e. The van der Waals surface area contributed by atoms with Crippen LogP contribution in [0, 0.1) is 6.92 Å². The Balaban J connectivity index is 1.67.